The number of halogens is 2. The SMILES string of the molecule is O=c1[nH]c(-c2ccc(F)cc2)c(-c2ccnc(F)c2)n1CCO. The van der Waals surface area contributed by atoms with Crippen LogP contribution in [-0.4, -0.2) is 26.2 Å². The highest BCUT2D eigenvalue weighted by Gasteiger charge is 2.17. The Balaban J connectivity index is 2.26. The van der Waals surface area contributed by atoms with Crippen molar-refractivity contribution in [2.24, 2.45) is 0 Å². The van der Waals surface area contributed by atoms with Crippen molar-refractivity contribution in [3.8, 4) is 22.5 Å². The first-order valence-corrected chi connectivity index (χ1v) is 6.91. The first-order chi connectivity index (χ1) is 11.1. The van der Waals surface area contributed by atoms with Gasteiger partial charge in [0, 0.05) is 23.4 Å². The van der Waals surface area contributed by atoms with Gasteiger partial charge >= 0.3 is 5.69 Å². The van der Waals surface area contributed by atoms with Crippen LogP contribution in [0.4, 0.5) is 8.78 Å². The van der Waals surface area contributed by atoms with E-state index in [0.29, 0.717) is 22.5 Å². The summed E-state index contributed by atoms with van der Waals surface area (Å²) >= 11 is 0. The molecule has 0 bridgehead atoms. The Labute approximate surface area is 129 Å². The fraction of sp³-hybridized carbons (Fsp3) is 0.125. The molecule has 7 heteroatoms. The van der Waals surface area contributed by atoms with E-state index >= 15 is 0 Å². The molecule has 0 fully saturated rings. The molecule has 23 heavy (non-hydrogen) atoms. The molecular weight excluding hydrogens is 304 g/mol. The molecular formula is C16H13F2N3O2. The van der Waals surface area contributed by atoms with Gasteiger partial charge in [0.25, 0.3) is 0 Å². The minimum Gasteiger partial charge on any atom is -0.395 e. The van der Waals surface area contributed by atoms with E-state index in [-0.39, 0.29) is 13.2 Å². The summed E-state index contributed by atoms with van der Waals surface area (Å²) in [5.41, 5.74) is 1.41. The van der Waals surface area contributed by atoms with Crippen molar-refractivity contribution in [2.75, 3.05) is 6.61 Å². The van der Waals surface area contributed by atoms with Gasteiger partial charge in [0.1, 0.15) is 5.82 Å². The van der Waals surface area contributed by atoms with Crippen LogP contribution >= 0.6 is 0 Å². The Hall–Kier alpha value is -2.80. The van der Waals surface area contributed by atoms with Gasteiger partial charge in [0.2, 0.25) is 5.95 Å². The molecule has 3 aromatic rings. The summed E-state index contributed by atoms with van der Waals surface area (Å²) in [6.07, 6.45) is 1.29. The molecule has 5 nitrogen and oxygen atoms in total. The van der Waals surface area contributed by atoms with Gasteiger partial charge in [0.05, 0.1) is 24.5 Å². The number of rotatable bonds is 4. The number of pyridine rings is 1. The summed E-state index contributed by atoms with van der Waals surface area (Å²) in [7, 11) is 0. The van der Waals surface area contributed by atoms with Gasteiger partial charge in [0.15, 0.2) is 0 Å². The number of hydrogen-bond acceptors (Lipinski definition) is 3. The topological polar surface area (TPSA) is 70.9 Å². The third-order valence-corrected chi connectivity index (χ3v) is 3.44. The normalized spacial score (nSPS) is 10.9. The monoisotopic (exact) mass is 317 g/mol. The van der Waals surface area contributed by atoms with Gasteiger partial charge in [-0.3, -0.25) is 4.57 Å². The second-order valence-electron chi connectivity index (χ2n) is 4.90. The lowest BCUT2D eigenvalue weighted by Crippen LogP contribution is -2.19. The molecule has 0 aliphatic carbocycles. The van der Waals surface area contributed by atoms with Crippen molar-refractivity contribution < 1.29 is 13.9 Å². The maximum absolute atomic E-state index is 13.5. The molecule has 0 spiro atoms. The molecule has 2 heterocycles. The number of hydrogen-bond donors (Lipinski definition) is 2. The van der Waals surface area contributed by atoms with Crippen molar-refractivity contribution in [1.29, 1.82) is 0 Å². The van der Waals surface area contributed by atoms with Gasteiger partial charge in [-0.25, -0.2) is 14.2 Å². The highest BCUT2D eigenvalue weighted by Crippen LogP contribution is 2.30. The zero-order chi connectivity index (χ0) is 16.4. The van der Waals surface area contributed by atoms with E-state index in [1.54, 1.807) is 6.07 Å². The van der Waals surface area contributed by atoms with Crippen LogP contribution in [0.1, 0.15) is 0 Å². The van der Waals surface area contributed by atoms with E-state index in [2.05, 4.69) is 9.97 Å². The molecule has 118 valence electrons. The second-order valence-corrected chi connectivity index (χ2v) is 4.90. The standard InChI is InChI=1S/C16H13F2N3O2/c17-12-3-1-10(2-4-12)14-15(11-5-6-19-13(18)9-11)21(7-8-22)16(23)20-14/h1-6,9,22H,7-8H2,(H,20,23). The Bertz CT molecular complexity index is 885. The zero-order valence-electron chi connectivity index (χ0n) is 12.0. The molecule has 0 atom stereocenters. The Morgan fingerprint density at radius 1 is 1.13 bits per heavy atom. The van der Waals surface area contributed by atoms with Crippen molar-refractivity contribution in [2.45, 2.75) is 6.54 Å². The van der Waals surface area contributed by atoms with E-state index in [1.165, 1.54) is 41.1 Å². The number of nitrogens with one attached hydrogen (secondary N) is 1. The maximum Gasteiger partial charge on any atom is 0.326 e. The van der Waals surface area contributed by atoms with Crippen LogP contribution in [0.3, 0.4) is 0 Å². The van der Waals surface area contributed by atoms with E-state index in [1.807, 2.05) is 0 Å². The van der Waals surface area contributed by atoms with Crippen LogP contribution in [0, 0.1) is 11.8 Å². The summed E-state index contributed by atoms with van der Waals surface area (Å²) < 4.78 is 27.9. The highest BCUT2D eigenvalue weighted by atomic mass is 19.1. The van der Waals surface area contributed by atoms with Gasteiger partial charge in [-0.15, -0.1) is 0 Å². The second kappa shape index (κ2) is 6.13. The van der Waals surface area contributed by atoms with Crippen LogP contribution in [0.15, 0.2) is 47.4 Å². The summed E-state index contributed by atoms with van der Waals surface area (Å²) in [4.78, 5) is 18.3. The number of aromatic nitrogens is 3. The molecule has 0 saturated heterocycles. The Morgan fingerprint density at radius 3 is 2.52 bits per heavy atom. The molecule has 0 aliphatic heterocycles. The maximum atomic E-state index is 13.5. The number of benzene rings is 1. The Morgan fingerprint density at radius 2 is 1.87 bits per heavy atom. The van der Waals surface area contributed by atoms with E-state index in [0.717, 1.165) is 0 Å². The third kappa shape index (κ3) is 2.91. The number of H-pyrrole nitrogens is 1. The van der Waals surface area contributed by atoms with Gasteiger partial charge in [-0.1, -0.05) is 0 Å². The predicted octanol–water partition coefficient (Wildman–Crippen LogP) is 2.18. The van der Waals surface area contributed by atoms with Crippen LogP contribution < -0.4 is 5.69 Å². The number of aliphatic hydroxyl groups is 1. The summed E-state index contributed by atoms with van der Waals surface area (Å²) in [5, 5.41) is 9.18. The molecule has 0 radical (unpaired) electrons. The lowest BCUT2D eigenvalue weighted by atomic mass is 10.1. The lowest BCUT2D eigenvalue weighted by Gasteiger charge is -2.09. The van der Waals surface area contributed by atoms with Crippen LogP contribution in [0.25, 0.3) is 22.5 Å². The first kappa shape index (κ1) is 15.1. The summed E-state index contributed by atoms with van der Waals surface area (Å²) in [6.45, 7) is -0.197. The Kier molecular flexibility index (Phi) is 4.03. The molecule has 1 aromatic carbocycles. The number of aromatic amines is 1. The lowest BCUT2D eigenvalue weighted by molar-refractivity contribution is 0.275. The van der Waals surface area contributed by atoms with Crippen molar-refractivity contribution >= 4 is 0 Å². The van der Waals surface area contributed by atoms with Crippen LogP contribution in [0.5, 0.6) is 0 Å². The fourth-order valence-corrected chi connectivity index (χ4v) is 2.46. The summed E-state index contributed by atoms with van der Waals surface area (Å²) in [5.74, 6) is -1.08. The highest BCUT2D eigenvalue weighted by molar-refractivity contribution is 5.78. The molecule has 2 aromatic heterocycles. The fourth-order valence-electron chi connectivity index (χ4n) is 2.46. The molecule has 0 saturated carbocycles. The zero-order valence-corrected chi connectivity index (χ0v) is 12.0. The molecule has 0 aliphatic rings. The van der Waals surface area contributed by atoms with E-state index in [4.69, 9.17) is 0 Å². The van der Waals surface area contributed by atoms with E-state index in [9.17, 15) is 18.7 Å². The average molecular weight is 317 g/mol. The quantitative estimate of drug-likeness (QED) is 0.725. The van der Waals surface area contributed by atoms with Crippen molar-refractivity contribution in [3.05, 3.63) is 64.8 Å². The van der Waals surface area contributed by atoms with Crippen molar-refractivity contribution in [3.63, 3.8) is 0 Å². The minimum atomic E-state index is -0.684. The number of imidazole rings is 1. The third-order valence-electron chi connectivity index (χ3n) is 3.44. The molecule has 3 rings (SSSR count). The average Bonchev–Trinajstić information content (AvgIpc) is 2.85. The molecule has 0 amide bonds. The van der Waals surface area contributed by atoms with Crippen LogP contribution in [0.2, 0.25) is 0 Å². The largest absolute Gasteiger partial charge is 0.395 e. The van der Waals surface area contributed by atoms with Crippen LogP contribution in [-0.2, 0) is 6.54 Å². The van der Waals surface area contributed by atoms with Gasteiger partial charge in [-0.05, 0) is 30.3 Å². The minimum absolute atomic E-state index is 0.0514. The predicted molar refractivity (Wildman–Crippen MR) is 80.7 cm³/mol. The molecule has 2 N–H and O–H groups in total. The molecule has 0 unspecified atom stereocenters. The van der Waals surface area contributed by atoms with Gasteiger partial charge in [-0.2, -0.15) is 4.39 Å². The number of aliphatic hydroxyl groups excluding tert-OH is 1. The first-order valence-electron chi connectivity index (χ1n) is 6.91. The smallest absolute Gasteiger partial charge is 0.326 e. The van der Waals surface area contributed by atoms with Crippen molar-refractivity contribution in [1.82, 2.24) is 14.5 Å². The van der Waals surface area contributed by atoms with Gasteiger partial charge < -0.3 is 10.1 Å². The summed E-state index contributed by atoms with van der Waals surface area (Å²) in [6, 6.07) is 8.34. The van der Waals surface area contributed by atoms with E-state index < -0.39 is 17.5 Å². The number of nitrogens with zero attached hydrogens (tertiary/aromatic N) is 2.